The molecule has 31 heavy (non-hydrogen) atoms. The number of aliphatic hydroxyl groups is 3. The first kappa shape index (κ1) is 32.0. The predicted molar refractivity (Wildman–Crippen MR) is 123 cm³/mol. The second kappa shape index (κ2) is 20.7. The molecule has 0 fully saturated rings. The highest BCUT2D eigenvalue weighted by Crippen LogP contribution is 2.12. The number of likely N-dealkylation sites (N-methyl/N-ethyl adjacent to an activating group) is 1. The highest BCUT2D eigenvalue weighted by atomic mass is 16.4. The minimum atomic E-state index is -0.954. The summed E-state index contributed by atoms with van der Waals surface area (Å²) < 4.78 is 0. The van der Waals surface area contributed by atoms with E-state index < -0.39 is 24.7 Å². The molecule has 8 heteroatoms. The number of carboxylic acid groups (broad SMARTS) is 1. The lowest BCUT2D eigenvalue weighted by molar-refractivity contribution is -0.159. The zero-order valence-electron chi connectivity index (χ0n) is 20.4. The van der Waals surface area contributed by atoms with E-state index in [0.29, 0.717) is 6.42 Å². The van der Waals surface area contributed by atoms with Crippen molar-refractivity contribution in [3.8, 4) is 0 Å². The molecule has 3 unspecified atom stereocenters. The van der Waals surface area contributed by atoms with E-state index in [1.54, 1.807) is 7.05 Å². The van der Waals surface area contributed by atoms with Crippen LogP contribution in [-0.4, -0.2) is 74.4 Å². The Morgan fingerprint density at radius 3 is 1.35 bits per heavy atom. The normalized spacial score (nSPS) is 13.8. The van der Waals surface area contributed by atoms with Crippen LogP contribution in [0.1, 0.15) is 105 Å². The van der Waals surface area contributed by atoms with Crippen molar-refractivity contribution in [2.45, 2.75) is 123 Å². The summed E-state index contributed by atoms with van der Waals surface area (Å²) in [6.45, 7) is 6.50. The Morgan fingerprint density at radius 2 is 1.06 bits per heavy atom. The van der Waals surface area contributed by atoms with Gasteiger partial charge in [-0.2, -0.15) is 0 Å². The van der Waals surface area contributed by atoms with E-state index >= 15 is 0 Å². The maximum absolute atomic E-state index is 11.6. The van der Waals surface area contributed by atoms with Crippen LogP contribution in [0.4, 0.5) is 0 Å². The molecule has 0 bridgehead atoms. The van der Waals surface area contributed by atoms with Crippen LogP contribution in [0.5, 0.6) is 0 Å². The van der Waals surface area contributed by atoms with Crippen molar-refractivity contribution in [1.29, 1.82) is 0 Å². The number of amides is 1. The number of aliphatic carboxylic acids is 1. The molecule has 1 amide bonds. The molecule has 0 aliphatic carbocycles. The van der Waals surface area contributed by atoms with Gasteiger partial charge < -0.3 is 25.3 Å². The van der Waals surface area contributed by atoms with Crippen LogP contribution in [0.15, 0.2) is 0 Å². The molecular formula is C23H48N2O6. The topological polar surface area (TPSA) is 122 Å². The summed E-state index contributed by atoms with van der Waals surface area (Å²) in [5.74, 6) is -1.02. The molecule has 0 spiro atoms. The molecule has 3 atom stereocenters. The fraction of sp³-hybridized carbons (Fsp3) is 0.913. The molecule has 8 nitrogen and oxygen atoms in total. The third kappa shape index (κ3) is 20.4. The number of aliphatic hydroxyl groups excluding tert-OH is 3. The number of carbonyl (C=O) groups is 2. The smallest absolute Gasteiger partial charge is 0.323 e. The molecule has 0 aromatic rings. The van der Waals surface area contributed by atoms with Crippen molar-refractivity contribution < 1.29 is 30.0 Å². The second-order valence-corrected chi connectivity index (χ2v) is 8.27. The van der Waals surface area contributed by atoms with Crippen LogP contribution < -0.4 is 0 Å². The van der Waals surface area contributed by atoms with Crippen LogP contribution in [0.2, 0.25) is 0 Å². The highest BCUT2D eigenvalue weighted by molar-refractivity contribution is 5.80. The van der Waals surface area contributed by atoms with Crippen LogP contribution in [0.25, 0.3) is 0 Å². The number of carboxylic acids is 1. The van der Waals surface area contributed by atoms with Gasteiger partial charge in [0.1, 0.15) is 25.2 Å². The van der Waals surface area contributed by atoms with Gasteiger partial charge in [-0.15, -0.1) is 0 Å². The summed E-state index contributed by atoms with van der Waals surface area (Å²) >= 11 is 0. The molecule has 0 aliphatic rings. The van der Waals surface area contributed by atoms with Crippen molar-refractivity contribution in [1.82, 2.24) is 9.80 Å². The molecule has 0 rings (SSSR count). The van der Waals surface area contributed by atoms with Gasteiger partial charge in [0.2, 0.25) is 5.91 Å². The zero-order valence-corrected chi connectivity index (χ0v) is 20.4. The van der Waals surface area contributed by atoms with Crippen LogP contribution in [0, 0.1) is 0 Å². The lowest BCUT2D eigenvalue weighted by Crippen LogP contribution is -2.45. The molecular weight excluding hydrogens is 400 g/mol. The van der Waals surface area contributed by atoms with Crippen LogP contribution >= 0.6 is 0 Å². The Hall–Kier alpha value is -1.22. The van der Waals surface area contributed by atoms with E-state index in [0.717, 1.165) is 12.8 Å². The minimum absolute atomic E-state index is 0.0617. The Kier molecular flexibility index (Phi) is 21.3. The van der Waals surface area contributed by atoms with Crippen molar-refractivity contribution in [2.75, 3.05) is 13.6 Å². The Morgan fingerprint density at radius 1 is 0.710 bits per heavy atom. The summed E-state index contributed by atoms with van der Waals surface area (Å²) in [6.07, 6.45) is 11.8. The first-order valence-electron chi connectivity index (χ1n) is 11.8. The zero-order chi connectivity index (χ0) is 24.2. The largest absolute Gasteiger partial charge is 0.480 e. The quantitative estimate of drug-likeness (QED) is 0.198. The van der Waals surface area contributed by atoms with Crippen molar-refractivity contribution in [3.05, 3.63) is 0 Å². The summed E-state index contributed by atoms with van der Waals surface area (Å²) in [6, 6.07) is 0. The number of carbonyl (C=O) groups excluding carboxylic acids is 1. The molecule has 0 heterocycles. The molecule has 186 valence electrons. The van der Waals surface area contributed by atoms with E-state index in [9.17, 15) is 9.59 Å². The predicted octanol–water partition coefficient (Wildman–Crippen LogP) is 3.53. The average molecular weight is 449 g/mol. The number of nitrogens with zero attached hydrogens (tertiary/aromatic N) is 2. The Balaban J connectivity index is 0. The van der Waals surface area contributed by atoms with Gasteiger partial charge in [0.15, 0.2) is 0 Å². The molecule has 4 N–H and O–H groups in total. The fourth-order valence-corrected chi connectivity index (χ4v) is 3.36. The second-order valence-electron chi connectivity index (χ2n) is 8.27. The van der Waals surface area contributed by atoms with Gasteiger partial charge in [-0.1, -0.05) is 71.1 Å². The van der Waals surface area contributed by atoms with Crippen LogP contribution in [0.3, 0.4) is 0 Å². The van der Waals surface area contributed by atoms with Gasteiger partial charge in [0.05, 0.1) is 0 Å². The fourth-order valence-electron chi connectivity index (χ4n) is 3.36. The molecule has 0 aliphatic heterocycles. The molecule has 0 saturated carbocycles. The van der Waals surface area contributed by atoms with E-state index in [1.165, 1.54) is 88.4 Å². The SMILES string of the molecule is CC(O)N(C(C)O)C(C)O.CCCCCCCCCCCCCC(=O)N(C)CC(=O)O. The maximum atomic E-state index is 11.6. The first-order chi connectivity index (χ1) is 14.5. The van der Waals surface area contributed by atoms with E-state index in [2.05, 4.69) is 6.92 Å². The van der Waals surface area contributed by atoms with Crippen molar-refractivity contribution in [3.63, 3.8) is 0 Å². The molecule has 0 aromatic carbocycles. The van der Waals surface area contributed by atoms with E-state index in [4.69, 9.17) is 20.4 Å². The standard InChI is InChI=1S/C17H33NO3.C6H15NO3/c1-3-4-5-6-7-8-9-10-11-12-13-14-16(19)18(2)15-17(20)21;1-4(8)7(5(2)9)6(3)10/h3-15H2,1-2H3,(H,20,21);4-6,8-10H,1-3H3. The number of rotatable bonds is 17. The summed E-state index contributed by atoms with van der Waals surface area (Å²) in [4.78, 5) is 24.5. The van der Waals surface area contributed by atoms with E-state index in [-0.39, 0.29) is 12.5 Å². The van der Waals surface area contributed by atoms with E-state index in [1.807, 2.05) is 0 Å². The van der Waals surface area contributed by atoms with Crippen LogP contribution in [-0.2, 0) is 9.59 Å². The number of hydrogen-bond acceptors (Lipinski definition) is 6. The van der Waals surface area contributed by atoms with Gasteiger partial charge in [-0.3, -0.25) is 9.59 Å². The summed E-state index contributed by atoms with van der Waals surface area (Å²) in [5, 5.41) is 35.5. The third-order valence-electron chi connectivity index (χ3n) is 5.09. The summed E-state index contributed by atoms with van der Waals surface area (Å²) in [7, 11) is 1.55. The lowest BCUT2D eigenvalue weighted by Gasteiger charge is -2.30. The van der Waals surface area contributed by atoms with Crippen molar-refractivity contribution in [2.24, 2.45) is 0 Å². The Bertz CT molecular complexity index is 425. The Labute approximate surface area is 189 Å². The maximum Gasteiger partial charge on any atom is 0.323 e. The lowest BCUT2D eigenvalue weighted by atomic mass is 10.1. The molecule has 0 radical (unpaired) electrons. The average Bonchev–Trinajstić information content (AvgIpc) is 2.64. The van der Waals surface area contributed by atoms with Gasteiger partial charge in [-0.25, -0.2) is 4.90 Å². The minimum Gasteiger partial charge on any atom is -0.480 e. The highest BCUT2D eigenvalue weighted by Gasteiger charge is 2.20. The van der Waals surface area contributed by atoms with Gasteiger partial charge in [0.25, 0.3) is 0 Å². The molecule has 0 aromatic heterocycles. The number of hydrogen-bond donors (Lipinski definition) is 4. The van der Waals surface area contributed by atoms with Gasteiger partial charge in [-0.05, 0) is 27.2 Å². The number of unbranched alkanes of at least 4 members (excludes halogenated alkanes) is 10. The van der Waals surface area contributed by atoms with Crippen molar-refractivity contribution >= 4 is 11.9 Å². The first-order valence-corrected chi connectivity index (χ1v) is 11.8. The molecule has 0 saturated heterocycles. The monoisotopic (exact) mass is 448 g/mol. The third-order valence-corrected chi connectivity index (χ3v) is 5.09. The summed E-state index contributed by atoms with van der Waals surface area (Å²) in [5.41, 5.74) is 0. The van der Waals surface area contributed by atoms with Gasteiger partial charge in [0, 0.05) is 13.5 Å². The van der Waals surface area contributed by atoms with Gasteiger partial charge >= 0.3 is 5.97 Å².